The summed E-state index contributed by atoms with van der Waals surface area (Å²) in [5, 5.41) is 20.5. The van der Waals surface area contributed by atoms with E-state index in [-0.39, 0.29) is 12.6 Å². The van der Waals surface area contributed by atoms with E-state index in [0.717, 1.165) is 41.7 Å². The summed E-state index contributed by atoms with van der Waals surface area (Å²) in [5.41, 5.74) is 0.955. The molecule has 0 amide bonds. The highest BCUT2D eigenvalue weighted by molar-refractivity contribution is 5.93. The van der Waals surface area contributed by atoms with Gasteiger partial charge in [0.25, 0.3) is 0 Å². The second kappa shape index (κ2) is 5.13. The Morgan fingerprint density at radius 3 is 2.79 bits per heavy atom. The van der Waals surface area contributed by atoms with Gasteiger partial charge in [-0.2, -0.15) is 5.10 Å². The molecule has 1 atom stereocenters. The third-order valence-electron chi connectivity index (χ3n) is 3.96. The van der Waals surface area contributed by atoms with Crippen molar-refractivity contribution in [3.63, 3.8) is 0 Å². The Labute approximate surface area is 113 Å². The summed E-state index contributed by atoms with van der Waals surface area (Å²) >= 11 is 0. The number of aryl methyl sites for hydroxylation is 1. The second-order valence-electron chi connectivity index (χ2n) is 5.18. The molecule has 1 aliphatic heterocycles. The molecular formula is C15H19N3O. The Morgan fingerprint density at radius 1 is 1.21 bits per heavy atom. The summed E-state index contributed by atoms with van der Waals surface area (Å²) in [5.74, 6) is 0.917. The molecule has 0 spiro atoms. The summed E-state index contributed by atoms with van der Waals surface area (Å²) in [4.78, 5) is 2.22. The second-order valence-corrected chi connectivity index (χ2v) is 5.18. The highest BCUT2D eigenvalue weighted by Crippen LogP contribution is 2.30. The van der Waals surface area contributed by atoms with Crippen LogP contribution in [-0.2, 0) is 0 Å². The van der Waals surface area contributed by atoms with Crippen LogP contribution in [0.5, 0.6) is 0 Å². The molecule has 0 bridgehead atoms. The molecule has 19 heavy (non-hydrogen) atoms. The molecule has 0 radical (unpaired) electrons. The summed E-state index contributed by atoms with van der Waals surface area (Å²) in [6, 6.07) is 8.41. The van der Waals surface area contributed by atoms with Crippen molar-refractivity contribution in [1.82, 2.24) is 10.2 Å². The number of aliphatic hydroxyl groups is 1. The van der Waals surface area contributed by atoms with Gasteiger partial charge in [0.15, 0.2) is 5.82 Å². The van der Waals surface area contributed by atoms with Gasteiger partial charge in [-0.25, -0.2) is 0 Å². The SMILES string of the molecule is Cc1nnc(N2CCCCC2CO)c2ccccc12. The van der Waals surface area contributed by atoms with Crippen molar-refractivity contribution in [3.8, 4) is 0 Å². The highest BCUT2D eigenvalue weighted by Gasteiger charge is 2.24. The van der Waals surface area contributed by atoms with Crippen LogP contribution in [0.3, 0.4) is 0 Å². The zero-order valence-electron chi connectivity index (χ0n) is 11.2. The number of anilines is 1. The van der Waals surface area contributed by atoms with Crippen LogP contribution in [0.25, 0.3) is 10.8 Å². The van der Waals surface area contributed by atoms with E-state index in [1.165, 1.54) is 6.42 Å². The maximum Gasteiger partial charge on any atom is 0.159 e. The van der Waals surface area contributed by atoms with Crippen LogP contribution in [0.15, 0.2) is 24.3 Å². The molecule has 1 fully saturated rings. The van der Waals surface area contributed by atoms with E-state index in [9.17, 15) is 5.11 Å². The fraction of sp³-hybridized carbons (Fsp3) is 0.467. The summed E-state index contributed by atoms with van der Waals surface area (Å²) in [6.07, 6.45) is 3.36. The van der Waals surface area contributed by atoms with Gasteiger partial charge in [-0.3, -0.25) is 0 Å². The Kier molecular flexibility index (Phi) is 3.34. The molecule has 0 saturated carbocycles. The Hall–Kier alpha value is -1.68. The molecule has 1 aliphatic rings. The van der Waals surface area contributed by atoms with E-state index in [2.05, 4.69) is 27.2 Å². The normalized spacial score (nSPS) is 19.9. The summed E-state index contributed by atoms with van der Waals surface area (Å²) in [6.45, 7) is 3.12. The molecule has 1 aromatic carbocycles. The maximum absolute atomic E-state index is 9.56. The minimum atomic E-state index is 0.175. The maximum atomic E-state index is 9.56. The number of aliphatic hydroxyl groups excluding tert-OH is 1. The van der Waals surface area contributed by atoms with Gasteiger partial charge in [0.1, 0.15) is 0 Å². The fourth-order valence-electron chi connectivity index (χ4n) is 2.91. The van der Waals surface area contributed by atoms with Gasteiger partial charge in [0.2, 0.25) is 0 Å². The average molecular weight is 257 g/mol. The van der Waals surface area contributed by atoms with E-state index < -0.39 is 0 Å². The Morgan fingerprint density at radius 2 is 2.00 bits per heavy atom. The molecular weight excluding hydrogens is 238 g/mol. The van der Waals surface area contributed by atoms with Crippen LogP contribution in [0.2, 0.25) is 0 Å². The minimum Gasteiger partial charge on any atom is -0.394 e. The Balaban J connectivity index is 2.11. The van der Waals surface area contributed by atoms with E-state index in [4.69, 9.17) is 0 Å². The Bertz CT molecular complexity index is 585. The first-order chi connectivity index (χ1) is 9.31. The largest absolute Gasteiger partial charge is 0.394 e. The third kappa shape index (κ3) is 2.16. The lowest BCUT2D eigenvalue weighted by atomic mass is 10.0. The van der Waals surface area contributed by atoms with Crippen molar-refractivity contribution in [2.45, 2.75) is 32.2 Å². The van der Waals surface area contributed by atoms with Gasteiger partial charge < -0.3 is 10.0 Å². The van der Waals surface area contributed by atoms with Gasteiger partial charge in [-0.05, 0) is 26.2 Å². The fourth-order valence-corrected chi connectivity index (χ4v) is 2.91. The monoisotopic (exact) mass is 257 g/mol. The first-order valence-electron chi connectivity index (χ1n) is 6.91. The van der Waals surface area contributed by atoms with Gasteiger partial charge in [-0.1, -0.05) is 24.3 Å². The standard InChI is InChI=1S/C15H19N3O/c1-11-13-7-2-3-8-14(13)15(17-16-11)18-9-5-4-6-12(18)10-19/h2-3,7-8,12,19H,4-6,9-10H2,1H3. The molecule has 0 aliphatic carbocycles. The first kappa shape index (κ1) is 12.4. The number of hydrogen-bond acceptors (Lipinski definition) is 4. The number of benzene rings is 1. The molecule has 1 N–H and O–H groups in total. The van der Waals surface area contributed by atoms with Gasteiger partial charge >= 0.3 is 0 Å². The van der Waals surface area contributed by atoms with Crippen molar-refractivity contribution < 1.29 is 5.11 Å². The molecule has 1 saturated heterocycles. The average Bonchev–Trinajstić information content (AvgIpc) is 2.48. The van der Waals surface area contributed by atoms with Gasteiger partial charge in [-0.15, -0.1) is 5.10 Å². The lowest BCUT2D eigenvalue weighted by molar-refractivity contribution is 0.239. The molecule has 4 heteroatoms. The third-order valence-corrected chi connectivity index (χ3v) is 3.96. The van der Waals surface area contributed by atoms with Crippen LogP contribution in [-0.4, -0.2) is 34.5 Å². The number of piperidine rings is 1. The molecule has 1 unspecified atom stereocenters. The molecule has 4 nitrogen and oxygen atoms in total. The molecule has 2 heterocycles. The molecule has 100 valence electrons. The van der Waals surface area contributed by atoms with E-state index in [1.807, 2.05) is 19.1 Å². The summed E-state index contributed by atoms with van der Waals surface area (Å²) in [7, 11) is 0. The van der Waals surface area contributed by atoms with Crippen molar-refractivity contribution in [2.75, 3.05) is 18.1 Å². The lowest BCUT2D eigenvalue weighted by Gasteiger charge is -2.35. The topological polar surface area (TPSA) is 49.2 Å². The van der Waals surface area contributed by atoms with Crippen LogP contribution < -0.4 is 4.90 Å². The smallest absolute Gasteiger partial charge is 0.159 e. The van der Waals surface area contributed by atoms with Crippen molar-refractivity contribution in [1.29, 1.82) is 0 Å². The zero-order valence-corrected chi connectivity index (χ0v) is 11.2. The minimum absolute atomic E-state index is 0.175. The van der Waals surface area contributed by atoms with Crippen LogP contribution in [0.1, 0.15) is 25.0 Å². The zero-order chi connectivity index (χ0) is 13.2. The van der Waals surface area contributed by atoms with Crippen molar-refractivity contribution in [2.24, 2.45) is 0 Å². The number of aromatic nitrogens is 2. The van der Waals surface area contributed by atoms with Gasteiger partial charge in [0.05, 0.1) is 18.3 Å². The lowest BCUT2D eigenvalue weighted by Crippen LogP contribution is -2.42. The van der Waals surface area contributed by atoms with Gasteiger partial charge in [0, 0.05) is 17.3 Å². The van der Waals surface area contributed by atoms with Crippen molar-refractivity contribution in [3.05, 3.63) is 30.0 Å². The molecule has 1 aromatic heterocycles. The van der Waals surface area contributed by atoms with Crippen LogP contribution in [0.4, 0.5) is 5.82 Å². The van der Waals surface area contributed by atoms with Crippen LogP contribution in [0, 0.1) is 6.92 Å². The molecule has 3 rings (SSSR count). The van der Waals surface area contributed by atoms with Crippen LogP contribution >= 0.6 is 0 Å². The predicted octanol–water partition coefficient (Wildman–Crippen LogP) is 2.29. The number of rotatable bonds is 2. The van der Waals surface area contributed by atoms with Crippen molar-refractivity contribution >= 4 is 16.6 Å². The van der Waals surface area contributed by atoms with E-state index in [1.54, 1.807) is 0 Å². The quantitative estimate of drug-likeness (QED) is 0.896. The first-order valence-corrected chi connectivity index (χ1v) is 6.91. The van der Waals surface area contributed by atoms with E-state index in [0.29, 0.717) is 0 Å². The highest BCUT2D eigenvalue weighted by atomic mass is 16.3. The summed E-state index contributed by atoms with van der Waals surface area (Å²) < 4.78 is 0. The molecule has 2 aromatic rings. The number of fused-ring (bicyclic) bond motifs is 1. The predicted molar refractivity (Wildman–Crippen MR) is 76.3 cm³/mol. The van der Waals surface area contributed by atoms with E-state index >= 15 is 0 Å². The number of hydrogen-bond donors (Lipinski definition) is 1. The number of nitrogens with zero attached hydrogens (tertiary/aromatic N) is 3.